The summed E-state index contributed by atoms with van der Waals surface area (Å²) in [5, 5.41) is 12.3. The number of likely N-dealkylation sites (tertiary alicyclic amines) is 1. The molecule has 0 aliphatic carbocycles. The summed E-state index contributed by atoms with van der Waals surface area (Å²) in [6, 6.07) is 3.58. The van der Waals surface area contributed by atoms with E-state index in [0.717, 1.165) is 12.1 Å². The standard InChI is InChI=1S/C14H18F2N2O2/c1-17-14(20)4-5-18-8-10(19)7-13(18)9-2-3-11(15)12(16)6-9/h2-3,6,10,13,19H,4-5,7-8H2,1H3,(H,17,20)/t10-,13+/m0/s1. The van der Waals surface area contributed by atoms with Gasteiger partial charge in [0.05, 0.1) is 6.10 Å². The van der Waals surface area contributed by atoms with E-state index in [1.165, 1.54) is 6.07 Å². The van der Waals surface area contributed by atoms with E-state index in [1.807, 2.05) is 4.90 Å². The summed E-state index contributed by atoms with van der Waals surface area (Å²) in [4.78, 5) is 13.2. The fourth-order valence-electron chi connectivity index (χ4n) is 2.56. The molecule has 1 aromatic rings. The highest BCUT2D eigenvalue weighted by Gasteiger charge is 2.32. The highest BCUT2D eigenvalue weighted by atomic mass is 19.2. The molecule has 0 spiro atoms. The molecule has 1 aliphatic rings. The Kier molecular flexibility index (Phi) is 4.67. The fraction of sp³-hybridized carbons (Fsp3) is 0.500. The Morgan fingerprint density at radius 1 is 1.45 bits per heavy atom. The summed E-state index contributed by atoms with van der Waals surface area (Å²) in [6.45, 7) is 0.904. The molecule has 6 heteroatoms. The summed E-state index contributed by atoms with van der Waals surface area (Å²) in [5.41, 5.74) is 0.623. The number of hydrogen-bond donors (Lipinski definition) is 2. The van der Waals surface area contributed by atoms with E-state index in [4.69, 9.17) is 0 Å². The van der Waals surface area contributed by atoms with Crippen molar-refractivity contribution in [3.63, 3.8) is 0 Å². The Bertz CT molecular complexity index is 496. The van der Waals surface area contributed by atoms with Crippen LogP contribution in [-0.2, 0) is 4.79 Å². The maximum absolute atomic E-state index is 13.3. The van der Waals surface area contributed by atoms with Crippen LogP contribution < -0.4 is 5.32 Å². The Labute approximate surface area is 116 Å². The third-order valence-corrected chi connectivity index (χ3v) is 3.61. The first kappa shape index (κ1) is 14.9. The van der Waals surface area contributed by atoms with Gasteiger partial charge in [-0.2, -0.15) is 0 Å². The molecule has 0 bridgehead atoms. The van der Waals surface area contributed by atoms with E-state index in [2.05, 4.69) is 5.32 Å². The smallest absolute Gasteiger partial charge is 0.221 e. The van der Waals surface area contributed by atoms with Gasteiger partial charge in [-0.3, -0.25) is 9.69 Å². The van der Waals surface area contributed by atoms with Gasteiger partial charge in [-0.05, 0) is 24.1 Å². The lowest BCUT2D eigenvalue weighted by atomic mass is 10.0. The molecule has 1 aromatic carbocycles. The molecule has 1 fully saturated rings. The van der Waals surface area contributed by atoms with Gasteiger partial charge in [-0.25, -0.2) is 8.78 Å². The van der Waals surface area contributed by atoms with Gasteiger partial charge in [0.2, 0.25) is 5.91 Å². The van der Waals surface area contributed by atoms with Crippen LogP contribution in [0.5, 0.6) is 0 Å². The van der Waals surface area contributed by atoms with E-state index in [1.54, 1.807) is 7.05 Å². The summed E-state index contributed by atoms with van der Waals surface area (Å²) < 4.78 is 26.3. The second kappa shape index (κ2) is 6.28. The summed E-state index contributed by atoms with van der Waals surface area (Å²) in [5.74, 6) is -1.87. The molecule has 2 rings (SSSR count). The number of aliphatic hydroxyl groups is 1. The number of carbonyl (C=O) groups excluding carboxylic acids is 1. The minimum absolute atomic E-state index is 0.0876. The highest BCUT2D eigenvalue weighted by Crippen LogP contribution is 2.32. The molecule has 1 saturated heterocycles. The number of nitrogens with zero attached hydrogens (tertiary/aromatic N) is 1. The Hall–Kier alpha value is -1.53. The number of nitrogens with one attached hydrogen (secondary N) is 1. The molecule has 1 aliphatic heterocycles. The fourth-order valence-corrected chi connectivity index (χ4v) is 2.56. The van der Waals surface area contributed by atoms with Crippen molar-refractivity contribution in [1.82, 2.24) is 10.2 Å². The second-order valence-corrected chi connectivity index (χ2v) is 5.00. The van der Waals surface area contributed by atoms with Gasteiger partial charge in [-0.1, -0.05) is 6.07 Å². The monoisotopic (exact) mass is 284 g/mol. The first-order valence-electron chi connectivity index (χ1n) is 6.59. The van der Waals surface area contributed by atoms with Crippen molar-refractivity contribution >= 4 is 5.91 Å². The van der Waals surface area contributed by atoms with Crippen LogP contribution >= 0.6 is 0 Å². The van der Waals surface area contributed by atoms with Gasteiger partial charge in [0, 0.05) is 32.6 Å². The number of aliphatic hydroxyl groups excluding tert-OH is 1. The van der Waals surface area contributed by atoms with Gasteiger partial charge in [0.25, 0.3) is 0 Å². The van der Waals surface area contributed by atoms with E-state index >= 15 is 0 Å². The zero-order chi connectivity index (χ0) is 14.7. The van der Waals surface area contributed by atoms with Gasteiger partial charge in [0.15, 0.2) is 11.6 Å². The lowest BCUT2D eigenvalue weighted by Crippen LogP contribution is -2.30. The lowest BCUT2D eigenvalue weighted by Gasteiger charge is -2.24. The zero-order valence-corrected chi connectivity index (χ0v) is 11.3. The third kappa shape index (κ3) is 3.32. The van der Waals surface area contributed by atoms with Crippen molar-refractivity contribution in [2.75, 3.05) is 20.1 Å². The molecule has 0 radical (unpaired) electrons. The maximum atomic E-state index is 13.3. The molecule has 110 valence electrons. The van der Waals surface area contributed by atoms with Crippen LogP contribution in [0.1, 0.15) is 24.4 Å². The highest BCUT2D eigenvalue weighted by molar-refractivity contribution is 5.75. The van der Waals surface area contributed by atoms with E-state index < -0.39 is 17.7 Å². The van der Waals surface area contributed by atoms with Crippen LogP contribution in [0.4, 0.5) is 8.78 Å². The van der Waals surface area contributed by atoms with Crippen LogP contribution in [-0.4, -0.2) is 42.2 Å². The van der Waals surface area contributed by atoms with Crippen LogP contribution in [0.3, 0.4) is 0 Å². The molecule has 20 heavy (non-hydrogen) atoms. The minimum atomic E-state index is -0.893. The predicted octanol–water partition coefficient (Wildman–Crippen LogP) is 1.21. The lowest BCUT2D eigenvalue weighted by molar-refractivity contribution is -0.121. The number of carbonyl (C=O) groups is 1. The van der Waals surface area contributed by atoms with Crippen LogP contribution in [0, 0.1) is 11.6 Å². The number of hydrogen-bond acceptors (Lipinski definition) is 3. The Morgan fingerprint density at radius 2 is 2.20 bits per heavy atom. The summed E-state index contributed by atoms with van der Waals surface area (Å²) in [7, 11) is 1.56. The molecule has 4 nitrogen and oxygen atoms in total. The molecular formula is C14H18F2N2O2. The minimum Gasteiger partial charge on any atom is -0.392 e. The summed E-state index contributed by atoms with van der Waals surface area (Å²) >= 11 is 0. The SMILES string of the molecule is CNC(=O)CCN1C[C@@H](O)C[C@@H]1c1ccc(F)c(F)c1. The second-order valence-electron chi connectivity index (χ2n) is 5.00. The molecule has 1 amide bonds. The van der Waals surface area contributed by atoms with Crippen LogP contribution in [0.2, 0.25) is 0 Å². The van der Waals surface area contributed by atoms with E-state index in [0.29, 0.717) is 31.5 Å². The molecule has 0 saturated carbocycles. The molecular weight excluding hydrogens is 266 g/mol. The number of rotatable bonds is 4. The largest absolute Gasteiger partial charge is 0.392 e. The average molecular weight is 284 g/mol. The number of halogens is 2. The molecule has 2 N–H and O–H groups in total. The van der Waals surface area contributed by atoms with E-state index in [9.17, 15) is 18.7 Å². The zero-order valence-electron chi connectivity index (χ0n) is 11.3. The van der Waals surface area contributed by atoms with Gasteiger partial charge < -0.3 is 10.4 Å². The molecule has 0 aromatic heterocycles. The van der Waals surface area contributed by atoms with Crippen molar-refractivity contribution in [3.05, 3.63) is 35.4 Å². The predicted molar refractivity (Wildman–Crippen MR) is 70.0 cm³/mol. The first-order valence-corrected chi connectivity index (χ1v) is 6.59. The molecule has 0 unspecified atom stereocenters. The Balaban J connectivity index is 2.11. The van der Waals surface area contributed by atoms with Crippen molar-refractivity contribution < 1.29 is 18.7 Å². The van der Waals surface area contributed by atoms with E-state index in [-0.39, 0.29) is 11.9 Å². The molecule has 1 heterocycles. The first-order chi connectivity index (χ1) is 9.51. The van der Waals surface area contributed by atoms with Gasteiger partial charge in [-0.15, -0.1) is 0 Å². The number of benzene rings is 1. The van der Waals surface area contributed by atoms with Gasteiger partial charge >= 0.3 is 0 Å². The average Bonchev–Trinajstić information content (AvgIpc) is 2.80. The van der Waals surface area contributed by atoms with Crippen molar-refractivity contribution in [1.29, 1.82) is 0 Å². The number of amides is 1. The number of β-amino-alcohol motifs (C(OH)–C–C–N with tert-alkyl or cyclic N) is 1. The normalized spacial score (nSPS) is 23.0. The third-order valence-electron chi connectivity index (χ3n) is 3.61. The maximum Gasteiger partial charge on any atom is 0.221 e. The van der Waals surface area contributed by atoms with Crippen LogP contribution in [0.15, 0.2) is 18.2 Å². The quantitative estimate of drug-likeness (QED) is 0.874. The topological polar surface area (TPSA) is 52.6 Å². The van der Waals surface area contributed by atoms with Crippen LogP contribution in [0.25, 0.3) is 0 Å². The summed E-state index contributed by atoms with van der Waals surface area (Å²) in [6.07, 6.45) is 0.250. The van der Waals surface area contributed by atoms with Crippen molar-refractivity contribution in [2.24, 2.45) is 0 Å². The Morgan fingerprint density at radius 3 is 2.85 bits per heavy atom. The van der Waals surface area contributed by atoms with Crippen molar-refractivity contribution in [3.8, 4) is 0 Å². The molecule has 2 atom stereocenters. The van der Waals surface area contributed by atoms with Crippen molar-refractivity contribution in [2.45, 2.75) is 25.0 Å². The van der Waals surface area contributed by atoms with Gasteiger partial charge in [0.1, 0.15) is 0 Å².